The number of nitrogens with one attached hydrogen (secondary N) is 1. The van der Waals surface area contributed by atoms with Gasteiger partial charge in [-0.2, -0.15) is 5.10 Å². The number of rotatable bonds is 10. The highest BCUT2D eigenvalue weighted by atomic mass is 16.5. The number of aryl methyl sites for hydroxylation is 1. The summed E-state index contributed by atoms with van der Waals surface area (Å²) < 4.78 is 9.03. The molecular formula is C41H37N5O3. The molecule has 4 aromatic carbocycles. The van der Waals surface area contributed by atoms with Crippen molar-refractivity contribution in [2.45, 2.75) is 38.3 Å². The number of imidazole rings is 1. The number of Topliss-reactive ketones (excluding diaryl/α,β-unsaturated/α-hetero) is 1. The first-order valence-corrected chi connectivity index (χ1v) is 16.6. The van der Waals surface area contributed by atoms with Gasteiger partial charge in [-0.3, -0.25) is 14.8 Å². The molecule has 0 aliphatic carbocycles. The van der Waals surface area contributed by atoms with Crippen molar-refractivity contribution in [2.75, 3.05) is 11.9 Å². The van der Waals surface area contributed by atoms with Crippen molar-refractivity contribution < 1.29 is 14.3 Å². The smallest absolute Gasteiger partial charge is 0.412 e. The summed E-state index contributed by atoms with van der Waals surface area (Å²) in [5, 5.41) is 7.07. The Labute approximate surface area is 285 Å². The van der Waals surface area contributed by atoms with E-state index in [0.29, 0.717) is 36.7 Å². The van der Waals surface area contributed by atoms with Gasteiger partial charge in [0.05, 0.1) is 18.6 Å². The van der Waals surface area contributed by atoms with Gasteiger partial charge in [0.15, 0.2) is 5.82 Å². The molecule has 1 aliphatic heterocycles. The Kier molecular flexibility index (Phi) is 9.02. The molecule has 49 heavy (non-hydrogen) atoms. The van der Waals surface area contributed by atoms with E-state index in [2.05, 4.69) is 94.0 Å². The average molecular weight is 648 g/mol. The second kappa shape index (κ2) is 14.0. The van der Waals surface area contributed by atoms with E-state index in [1.165, 1.54) is 0 Å². The van der Waals surface area contributed by atoms with Crippen molar-refractivity contribution >= 4 is 23.8 Å². The van der Waals surface area contributed by atoms with Gasteiger partial charge in [-0.05, 0) is 41.2 Å². The van der Waals surface area contributed by atoms with E-state index in [1.54, 1.807) is 10.7 Å². The van der Waals surface area contributed by atoms with Crippen LogP contribution < -0.4 is 5.32 Å². The first kappa shape index (κ1) is 31.6. The third-order valence-electron chi connectivity index (χ3n) is 8.97. The molecule has 0 bridgehead atoms. The van der Waals surface area contributed by atoms with E-state index in [1.807, 2.05) is 61.8 Å². The molecule has 1 N–H and O–H groups in total. The van der Waals surface area contributed by atoms with Gasteiger partial charge >= 0.3 is 6.09 Å². The lowest BCUT2D eigenvalue weighted by molar-refractivity contribution is 0.101. The van der Waals surface area contributed by atoms with Gasteiger partial charge in [0.2, 0.25) is 5.78 Å². The van der Waals surface area contributed by atoms with Crippen LogP contribution >= 0.6 is 0 Å². The molecule has 0 fully saturated rings. The second-order valence-electron chi connectivity index (χ2n) is 12.1. The highest BCUT2D eigenvalue weighted by Crippen LogP contribution is 2.41. The fraction of sp³-hybridized carbons (Fsp3) is 0.171. The van der Waals surface area contributed by atoms with Gasteiger partial charge in [0, 0.05) is 29.9 Å². The number of carbonyl (C=O) groups excluding carboxylic acids is 2. The van der Waals surface area contributed by atoms with Crippen molar-refractivity contribution in [1.29, 1.82) is 0 Å². The summed E-state index contributed by atoms with van der Waals surface area (Å²) in [5.74, 6) is 0.179. The first-order chi connectivity index (χ1) is 24.1. The number of benzene rings is 4. The molecule has 8 heteroatoms. The maximum Gasteiger partial charge on any atom is 0.412 e. The van der Waals surface area contributed by atoms with E-state index in [9.17, 15) is 9.59 Å². The normalized spacial score (nSPS) is 13.7. The average Bonchev–Trinajstić information content (AvgIpc) is 3.80. The van der Waals surface area contributed by atoms with Crippen LogP contribution in [0.25, 0.3) is 17.3 Å². The molecule has 1 amide bonds. The lowest BCUT2D eigenvalue weighted by Crippen LogP contribution is -2.36. The van der Waals surface area contributed by atoms with Crippen LogP contribution in [0.15, 0.2) is 139 Å². The number of anilines is 1. The van der Waals surface area contributed by atoms with Gasteiger partial charge in [-0.1, -0.05) is 129 Å². The molecule has 0 spiro atoms. The molecule has 244 valence electrons. The van der Waals surface area contributed by atoms with Crippen LogP contribution in [0, 0.1) is 0 Å². The standard InChI is InChI=1S/C41H37N5O3/c1-2-3-25-49-40(48)43-38-27-37-39(47)31(23-24-46(37)44-38)26-30-15-13-14-22-35(30)36-28-45(29-42-36)41(32-16-7-4-8-17-32,33-18-9-5-10-19-33)34-20-11-6-12-21-34/h4-22,26-29H,2-3,23-25H2,1H3,(H,43,44,48)/b31-26+. The first-order valence-electron chi connectivity index (χ1n) is 16.6. The molecule has 3 heterocycles. The lowest BCUT2D eigenvalue weighted by Gasteiger charge is -2.37. The summed E-state index contributed by atoms with van der Waals surface area (Å²) in [7, 11) is 0. The van der Waals surface area contributed by atoms with E-state index in [-0.39, 0.29) is 5.78 Å². The molecule has 0 saturated carbocycles. The number of ketones is 1. The molecule has 1 aliphatic rings. The Morgan fingerprint density at radius 1 is 0.878 bits per heavy atom. The van der Waals surface area contributed by atoms with Gasteiger partial charge in [-0.25, -0.2) is 9.78 Å². The Balaban J connectivity index is 1.25. The number of nitrogens with zero attached hydrogens (tertiary/aromatic N) is 4. The Morgan fingerprint density at radius 3 is 2.12 bits per heavy atom. The van der Waals surface area contributed by atoms with E-state index >= 15 is 0 Å². The van der Waals surface area contributed by atoms with Gasteiger partial charge in [-0.15, -0.1) is 0 Å². The van der Waals surface area contributed by atoms with Crippen molar-refractivity contribution in [2.24, 2.45) is 0 Å². The largest absolute Gasteiger partial charge is 0.449 e. The van der Waals surface area contributed by atoms with Crippen LogP contribution in [0.2, 0.25) is 0 Å². The van der Waals surface area contributed by atoms with E-state index in [4.69, 9.17) is 9.72 Å². The van der Waals surface area contributed by atoms with Crippen LogP contribution in [0.1, 0.15) is 58.9 Å². The topological polar surface area (TPSA) is 91.0 Å². The maximum absolute atomic E-state index is 13.7. The summed E-state index contributed by atoms with van der Waals surface area (Å²) in [4.78, 5) is 30.8. The summed E-state index contributed by atoms with van der Waals surface area (Å²) in [6.07, 6.45) is 7.61. The highest BCUT2D eigenvalue weighted by molar-refractivity contribution is 6.11. The number of hydrogen-bond donors (Lipinski definition) is 1. The minimum Gasteiger partial charge on any atom is -0.449 e. The maximum atomic E-state index is 13.7. The second-order valence-corrected chi connectivity index (χ2v) is 12.1. The van der Waals surface area contributed by atoms with Crippen LogP contribution in [0.3, 0.4) is 0 Å². The number of carbonyl (C=O) groups is 2. The molecular weight excluding hydrogens is 610 g/mol. The third kappa shape index (κ3) is 6.21. The van der Waals surface area contributed by atoms with Crippen molar-refractivity contribution in [1.82, 2.24) is 19.3 Å². The summed E-state index contributed by atoms with van der Waals surface area (Å²) in [6.45, 7) is 2.88. The monoisotopic (exact) mass is 647 g/mol. The SMILES string of the molecule is CCCCOC(=O)Nc1cc2n(n1)CC/C(=C\c1ccccc1-c1cn(C(c3ccccc3)(c3ccccc3)c3ccccc3)cn1)C2=O. The van der Waals surface area contributed by atoms with Gasteiger partial charge in [0.25, 0.3) is 0 Å². The number of hydrogen-bond acceptors (Lipinski definition) is 5. The fourth-order valence-electron chi connectivity index (χ4n) is 6.60. The fourth-order valence-corrected chi connectivity index (χ4v) is 6.60. The number of allylic oxidation sites excluding steroid dienone is 1. The zero-order valence-corrected chi connectivity index (χ0v) is 27.3. The molecule has 0 saturated heterocycles. The predicted octanol–water partition coefficient (Wildman–Crippen LogP) is 8.61. The van der Waals surface area contributed by atoms with Gasteiger partial charge < -0.3 is 9.30 Å². The number of aromatic nitrogens is 4. The van der Waals surface area contributed by atoms with Crippen molar-refractivity contribution in [3.05, 3.63) is 167 Å². The molecule has 6 aromatic rings. The van der Waals surface area contributed by atoms with Crippen molar-refractivity contribution in [3.63, 3.8) is 0 Å². The zero-order valence-electron chi connectivity index (χ0n) is 27.3. The minimum absolute atomic E-state index is 0.122. The highest BCUT2D eigenvalue weighted by Gasteiger charge is 2.38. The molecule has 0 unspecified atom stereocenters. The Bertz CT molecular complexity index is 2000. The predicted molar refractivity (Wildman–Crippen MR) is 191 cm³/mol. The lowest BCUT2D eigenvalue weighted by atomic mass is 9.77. The van der Waals surface area contributed by atoms with Crippen molar-refractivity contribution in [3.8, 4) is 11.3 Å². The van der Waals surface area contributed by atoms with Gasteiger partial charge in [0.1, 0.15) is 11.2 Å². The van der Waals surface area contributed by atoms with E-state index in [0.717, 1.165) is 46.4 Å². The van der Waals surface area contributed by atoms with Crippen LogP contribution in [-0.4, -0.2) is 37.8 Å². The van der Waals surface area contributed by atoms with Crippen LogP contribution in [-0.2, 0) is 16.8 Å². The molecule has 7 rings (SSSR count). The summed E-state index contributed by atoms with van der Waals surface area (Å²) in [5.41, 5.74) is 6.35. The Hall–Kier alpha value is -6.02. The number of fused-ring (bicyclic) bond motifs is 1. The zero-order chi connectivity index (χ0) is 33.6. The van der Waals surface area contributed by atoms with E-state index < -0.39 is 11.6 Å². The number of unbranched alkanes of at least 4 members (excludes halogenated alkanes) is 1. The summed E-state index contributed by atoms with van der Waals surface area (Å²) >= 11 is 0. The Morgan fingerprint density at radius 2 is 1.49 bits per heavy atom. The number of ether oxygens (including phenoxy) is 1. The minimum atomic E-state index is -0.686. The quantitative estimate of drug-likeness (QED) is 0.0914. The van der Waals surface area contributed by atoms with Crippen LogP contribution in [0.5, 0.6) is 0 Å². The third-order valence-corrected chi connectivity index (χ3v) is 8.97. The number of amides is 1. The summed E-state index contributed by atoms with van der Waals surface area (Å²) in [6, 6.07) is 41.1. The van der Waals surface area contributed by atoms with Crippen LogP contribution in [0.4, 0.5) is 10.6 Å². The molecule has 0 radical (unpaired) electrons. The molecule has 2 aromatic heterocycles. The molecule has 0 atom stereocenters. The molecule has 8 nitrogen and oxygen atoms in total.